The van der Waals surface area contributed by atoms with Gasteiger partial charge in [-0.1, -0.05) is 36.4 Å². The Balaban J connectivity index is 2.54. The minimum atomic E-state index is -0.559. The van der Waals surface area contributed by atoms with Gasteiger partial charge in [0.05, 0.1) is 7.11 Å². The second-order valence-electron chi connectivity index (χ2n) is 4.73. The van der Waals surface area contributed by atoms with Crippen LogP contribution in [-0.4, -0.2) is 19.0 Å². The Morgan fingerprint density at radius 2 is 1.67 bits per heavy atom. The molecule has 0 unspecified atom stereocenters. The average molecular weight is 283 g/mol. The maximum Gasteiger partial charge on any atom is 0.354 e. The van der Waals surface area contributed by atoms with Crippen LogP contribution in [0, 0.1) is 0 Å². The second kappa shape index (κ2) is 6.22. The number of carbonyl (C=O) groups excluding carboxylic acids is 2. The summed E-state index contributed by atoms with van der Waals surface area (Å²) in [5.74, 6) is -0.869. The molecule has 0 atom stereocenters. The van der Waals surface area contributed by atoms with E-state index in [1.165, 1.54) is 14.0 Å². The molecular weight excluding hydrogens is 266 g/mol. The maximum atomic E-state index is 11.8. The third-order valence-electron chi connectivity index (χ3n) is 3.25. The Morgan fingerprint density at radius 3 is 2.29 bits per heavy atom. The highest BCUT2D eigenvalue weighted by molar-refractivity contribution is 6.01. The van der Waals surface area contributed by atoms with Gasteiger partial charge < -0.3 is 10.1 Å². The molecule has 0 saturated carbocycles. The molecule has 2 aromatic carbocycles. The van der Waals surface area contributed by atoms with Crippen LogP contribution in [0.3, 0.4) is 0 Å². The largest absolute Gasteiger partial charge is 0.464 e. The van der Waals surface area contributed by atoms with Crippen LogP contribution in [0.5, 0.6) is 0 Å². The number of methoxy groups -OCH3 is 1. The minimum absolute atomic E-state index is 0.167. The van der Waals surface area contributed by atoms with Gasteiger partial charge in [-0.25, -0.2) is 4.79 Å². The molecule has 1 N–H and O–H groups in total. The van der Waals surface area contributed by atoms with Gasteiger partial charge in [-0.15, -0.1) is 0 Å². The number of ether oxygens (including phenoxy) is 1. The standard InChI is InChI=1S/C17H17NO3/c1-11(16(17(20)21-3)18-12(2)19)14-9-8-13-6-4-5-7-15(13)10-14/h4-10H,1-3H3,(H,18,19)/b16-11-. The van der Waals surface area contributed by atoms with E-state index in [2.05, 4.69) is 5.32 Å². The minimum Gasteiger partial charge on any atom is -0.464 e. The smallest absolute Gasteiger partial charge is 0.354 e. The molecule has 2 aromatic rings. The van der Waals surface area contributed by atoms with E-state index in [0.717, 1.165) is 16.3 Å². The molecule has 21 heavy (non-hydrogen) atoms. The van der Waals surface area contributed by atoms with E-state index in [1.807, 2.05) is 42.5 Å². The Morgan fingerprint density at radius 1 is 1.00 bits per heavy atom. The summed E-state index contributed by atoms with van der Waals surface area (Å²) in [6.45, 7) is 3.14. The summed E-state index contributed by atoms with van der Waals surface area (Å²) in [7, 11) is 1.29. The van der Waals surface area contributed by atoms with Crippen molar-refractivity contribution in [1.29, 1.82) is 0 Å². The summed E-state index contributed by atoms with van der Waals surface area (Å²) < 4.78 is 4.73. The lowest BCUT2D eigenvalue weighted by Crippen LogP contribution is -2.26. The first kappa shape index (κ1) is 14.8. The van der Waals surface area contributed by atoms with Gasteiger partial charge in [-0.3, -0.25) is 4.79 Å². The molecule has 0 spiro atoms. The Labute approximate surface area is 123 Å². The highest BCUT2D eigenvalue weighted by atomic mass is 16.5. The second-order valence-corrected chi connectivity index (χ2v) is 4.73. The van der Waals surface area contributed by atoms with Crippen molar-refractivity contribution in [2.24, 2.45) is 0 Å². The number of amides is 1. The predicted molar refractivity (Wildman–Crippen MR) is 82.4 cm³/mol. The fourth-order valence-corrected chi connectivity index (χ4v) is 2.14. The molecule has 0 fully saturated rings. The number of allylic oxidation sites excluding steroid dienone is 1. The molecule has 0 aliphatic heterocycles. The summed E-state index contributed by atoms with van der Waals surface area (Å²) in [5.41, 5.74) is 1.70. The van der Waals surface area contributed by atoms with E-state index < -0.39 is 5.97 Å². The molecule has 0 heterocycles. The van der Waals surface area contributed by atoms with Gasteiger partial charge in [-0.05, 0) is 34.9 Å². The zero-order valence-electron chi connectivity index (χ0n) is 12.3. The summed E-state index contributed by atoms with van der Waals surface area (Å²) >= 11 is 0. The van der Waals surface area contributed by atoms with Crippen LogP contribution < -0.4 is 5.32 Å². The lowest BCUT2D eigenvalue weighted by Gasteiger charge is -2.11. The number of nitrogens with one attached hydrogen (secondary N) is 1. The van der Waals surface area contributed by atoms with Crippen LogP contribution in [0.15, 0.2) is 48.2 Å². The van der Waals surface area contributed by atoms with Gasteiger partial charge in [0.25, 0.3) is 0 Å². The van der Waals surface area contributed by atoms with Crippen molar-refractivity contribution in [3.8, 4) is 0 Å². The summed E-state index contributed by atoms with van der Waals surface area (Å²) in [4.78, 5) is 23.1. The molecule has 2 rings (SSSR count). The van der Waals surface area contributed by atoms with Crippen LogP contribution in [0.25, 0.3) is 16.3 Å². The van der Waals surface area contributed by atoms with E-state index in [0.29, 0.717) is 5.57 Å². The van der Waals surface area contributed by atoms with Crippen molar-refractivity contribution in [2.45, 2.75) is 13.8 Å². The molecule has 4 heteroatoms. The van der Waals surface area contributed by atoms with Crippen molar-refractivity contribution in [2.75, 3.05) is 7.11 Å². The number of esters is 1. The molecule has 108 valence electrons. The van der Waals surface area contributed by atoms with E-state index in [9.17, 15) is 9.59 Å². The quantitative estimate of drug-likeness (QED) is 0.696. The van der Waals surface area contributed by atoms with Crippen molar-refractivity contribution in [1.82, 2.24) is 5.32 Å². The van der Waals surface area contributed by atoms with E-state index >= 15 is 0 Å². The molecule has 0 aliphatic carbocycles. The normalized spacial score (nSPS) is 11.8. The van der Waals surface area contributed by atoms with E-state index in [-0.39, 0.29) is 11.6 Å². The van der Waals surface area contributed by atoms with Gasteiger partial charge in [0.2, 0.25) is 5.91 Å². The van der Waals surface area contributed by atoms with Crippen LogP contribution in [0.4, 0.5) is 0 Å². The molecule has 0 bridgehead atoms. The first-order chi connectivity index (χ1) is 10.0. The Kier molecular flexibility index (Phi) is 4.38. The van der Waals surface area contributed by atoms with E-state index in [4.69, 9.17) is 4.74 Å². The molecule has 1 amide bonds. The summed E-state index contributed by atoms with van der Waals surface area (Å²) in [5, 5.41) is 4.73. The Hall–Kier alpha value is -2.62. The highest BCUT2D eigenvalue weighted by Crippen LogP contribution is 2.23. The zero-order valence-corrected chi connectivity index (χ0v) is 12.3. The first-order valence-corrected chi connectivity index (χ1v) is 6.59. The van der Waals surface area contributed by atoms with Gasteiger partial charge in [0.1, 0.15) is 5.70 Å². The SMILES string of the molecule is COC(=O)/C(NC(C)=O)=C(\C)c1ccc2ccccc2c1. The number of hydrogen-bond donors (Lipinski definition) is 1. The van der Waals surface area contributed by atoms with Crippen LogP contribution >= 0.6 is 0 Å². The lowest BCUT2D eigenvalue weighted by atomic mass is 10.0. The molecular formula is C17H17NO3. The number of fused-ring (bicyclic) bond motifs is 1. The molecule has 0 aromatic heterocycles. The Bertz CT molecular complexity index is 732. The van der Waals surface area contributed by atoms with Crippen LogP contribution in [0.1, 0.15) is 19.4 Å². The van der Waals surface area contributed by atoms with Crippen LogP contribution in [-0.2, 0) is 14.3 Å². The van der Waals surface area contributed by atoms with Crippen molar-refractivity contribution in [3.63, 3.8) is 0 Å². The fraction of sp³-hybridized carbons (Fsp3) is 0.176. The highest BCUT2D eigenvalue weighted by Gasteiger charge is 2.16. The van der Waals surface area contributed by atoms with Crippen molar-refractivity contribution >= 4 is 28.2 Å². The van der Waals surface area contributed by atoms with Crippen molar-refractivity contribution in [3.05, 3.63) is 53.7 Å². The van der Waals surface area contributed by atoms with Gasteiger partial charge in [0.15, 0.2) is 0 Å². The van der Waals surface area contributed by atoms with Gasteiger partial charge in [0, 0.05) is 6.92 Å². The monoisotopic (exact) mass is 283 g/mol. The first-order valence-electron chi connectivity index (χ1n) is 6.59. The summed E-state index contributed by atoms with van der Waals surface area (Å²) in [6.07, 6.45) is 0. The fourth-order valence-electron chi connectivity index (χ4n) is 2.14. The lowest BCUT2D eigenvalue weighted by molar-refractivity contribution is -0.137. The topological polar surface area (TPSA) is 55.4 Å². The number of hydrogen-bond acceptors (Lipinski definition) is 3. The van der Waals surface area contributed by atoms with E-state index in [1.54, 1.807) is 6.92 Å². The average Bonchev–Trinajstić information content (AvgIpc) is 2.50. The number of carbonyl (C=O) groups is 2. The maximum absolute atomic E-state index is 11.8. The predicted octanol–water partition coefficient (Wildman–Crippen LogP) is 2.88. The number of rotatable bonds is 3. The summed E-state index contributed by atoms with van der Waals surface area (Å²) in [6, 6.07) is 13.8. The van der Waals surface area contributed by atoms with Gasteiger partial charge >= 0.3 is 5.97 Å². The molecule has 4 nitrogen and oxygen atoms in total. The number of benzene rings is 2. The molecule has 0 aliphatic rings. The zero-order chi connectivity index (χ0) is 15.4. The third-order valence-corrected chi connectivity index (χ3v) is 3.25. The third kappa shape index (κ3) is 3.28. The van der Waals surface area contributed by atoms with Crippen LogP contribution in [0.2, 0.25) is 0 Å². The molecule has 0 radical (unpaired) electrons. The van der Waals surface area contributed by atoms with Crippen molar-refractivity contribution < 1.29 is 14.3 Å². The van der Waals surface area contributed by atoms with Gasteiger partial charge in [-0.2, -0.15) is 0 Å². The molecule has 0 saturated heterocycles.